The van der Waals surface area contributed by atoms with Crippen molar-refractivity contribution in [2.45, 2.75) is 17.6 Å². The molecular formula is C13H7Cl3F3N5O2S. The maximum Gasteiger partial charge on any atom is 0.420 e. The number of alkyl halides is 3. The Hall–Kier alpha value is -1.66. The number of aromatic nitrogens is 4. The third kappa shape index (κ3) is 4.11. The molecule has 3 aromatic heterocycles. The molecule has 0 aliphatic rings. The molecule has 3 rings (SSSR count). The maximum absolute atomic E-state index is 13.1. The van der Waals surface area contributed by atoms with Gasteiger partial charge in [0.25, 0.3) is 0 Å². The van der Waals surface area contributed by atoms with Gasteiger partial charge < -0.3 is 0 Å². The van der Waals surface area contributed by atoms with Crippen LogP contribution in [-0.2, 0) is 22.7 Å². The summed E-state index contributed by atoms with van der Waals surface area (Å²) in [6.07, 6.45) is -2.57. The van der Waals surface area contributed by atoms with Crippen LogP contribution in [0.15, 0.2) is 29.4 Å². The molecule has 7 nitrogen and oxygen atoms in total. The van der Waals surface area contributed by atoms with Crippen LogP contribution in [0, 0.1) is 0 Å². The van der Waals surface area contributed by atoms with Crippen molar-refractivity contribution in [2.75, 3.05) is 0 Å². The maximum atomic E-state index is 13.1. The first-order valence-corrected chi connectivity index (χ1v) is 9.52. The van der Waals surface area contributed by atoms with Gasteiger partial charge in [-0.05, 0) is 12.1 Å². The van der Waals surface area contributed by atoms with Gasteiger partial charge in [0, 0.05) is 12.4 Å². The van der Waals surface area contributed by atoms with Gasteiger partial charge in [-0.3, -0.25) is 4.40 Å². The van der Waals surface area contributed by atoms with Gasteiger partial charge in [-0.15, -0.1) is 10.2 Å². The summed E-state index contributed by atoms with van der Waals surface area (Å²) in [6, 6.07) is 1.79. The van der Waals surface area contributed by atoms with Crippen molar-refractivity contribution < 1.29 is 21.6 Å². The number of nitrogens with one attached hydrogen (secondary N) is 1. The molecule has 1 N–H and O–H groups in total. The average molecular weight is 461 g/mol. The topological polar surface area (TPSA) is 89.2 Å². The molecule has 0 unspecified atom stereocenters. The molecule has 0 spiro atoms. The number of hydrogen-bond donors (Lipinski definition) is 1. The largest absolute Gasteiger partial charge is 0.420 e. The molecule has 144 valence electrons. The first kappa shape index (κ1) is 20.1. The second-order valence-electron chi connectivity index (χ2n) is 5.15. The zero-order valence-corrected chi connectivity index (χ0v) is 15.9. The van der Waals surface area contributed by atoms with E-state index in [1.807, 2.05) is 0 Å². The molecule has 27 heavy (non-hydrogen) atoms. The molecule has 3 heterocycles. The van der Waals surface area contributed by atoms with Gasteiger partial charge in [-0.1, -0.05) is 34.8 Å². The fourth-order valence-electron chi connectivity index (χ4n) is 2.13. The van der Waals surface area contributed by atoms with E-state index in [1.165, 1.54) is 0 Å². The molecule has 0 atom stereocenters. The summed E-state index contributed by atoms with van der Waals surface area (Å²) in [5.74, 6) is -0.102. The van der Waals surface area contributed by atoms with E-state index in [2.05, 4.69) is 19.9 Å². The second kappa shape index (κ2) is 7.06. The number of nitrogens with zero attached hydrogens (tertiary/aromatic N) is 4. The summed E-state index contributed by atoms with van der Waals surface area (Å²) in [6.45, 7) is -0.457. The lowest BCUT2D eigenvalue weighted by molar-refractivity contribution is -0.136. The van der Waals surface area contributed by atoms with Crippen LogP contribution in [0.5, 0.6) is 0 Å². The lowest BCUT2D eigenvalue weighted by Crippen LogP contribution is -2.24. The minimum Gasteiger partial charge on any atom is -0.283 e. The summed E-state index contributed by atoms with van der Waals surface area (Å²) in [4.78, 5) is 3.35. The van der Waals surface area contributed by atoms with E-state index in [9.17, 15) is 21.6 Å². The quantitative estimate of drug-likeness (QED) is 0.601. The van der Waals surface area contributed by atoms with E-state index in [-0.39, 0.29) is 25.9 Å². The molecule has 0 aliphatic carbocycles. The Morgan fingerprint density at radius 1 is 1.15 bits per heavy atom. The Morgan fingerprint density at radius 3 is 2.48 bits per heavy atom. The molecule has 0 amide bonds. The first-order chi connectivity index (χ1) is 12.5. The normalized spacial score (nSPS) is 12.7. The molecule has 0 aromatic carbocycles. The number of halogens is 6. The van der Waals surface area contributed by atoms with Crippen molar-refractivity contribution in [1.29, 1.82) is 0 Å². The van der Waals surface area contributed by atoms with Gasteiger partial charge >= 0.3 is 6.18 Å². The van der Waals surface area contributed by atoms with Crippen molar-refractivity contribution >= 4 is 50.5 Å². The third-order valence-electron chi connectivity index (χ3n) is 3.35. The highest BCUT2D eigenvalue weighted by Crippen LogP contribution is 2.33. The smallest absolute Gasteiger partial charge is 0.283 e. The number of rotatable bonds is 4. The predicted octanol–water partition coefficient (Wildman–Crippen LogP) is 3.58. The van der Waals surface area contributed by atoms with Crippen LogP contribution in [-0.4, -0.2) is 28.0 Å². The Morgan fingerprint density at radius 2 is 1.85 bits per heavy atom. The summed E-state index contributed by atoms with van der Waals surface area (Å²) in [5.41, 5.74) is -1.59. The van der Waals surface area contributed by atoms with Gasteiger partial charge in [0.1, 0.15) is 15.6 Å². The molecule has 0 saturated carbocycles. The monoisotopic (exact) mass is 459 g/mol. The SMILES string of the molecule is O=S(=O)(NCc1nnc2c(C(F)(F)F)cc(Cl)cn12)c1cnc(Cl)c(Cl)c1. The van der Waals surface area contributed by atoms with Gasteiger partial charge in [-0.25, -0.2) is 18.1 Å². The number of hydrogen-bond acceptors (Lipinski definition) is 5. The zero-order valence-electron chi connectivity index (χ0n) is 12.8. The van der Waals surface area contributed by atoms with E-state index in [1.54, 1.807) is 0 Å². The highest BCUT2D eigenvalue weighted by atomic mass is 35.5. The fraction of sp³-hybridized carbons (Fsp3) is 0.154. The van der Waals surface area contributed by atoms with Gasteiger partial charge in [0.05, 0.1) is 16.6 Å². The lowest BCUT2D eigenvalue weighted by atomic mass is 10.2. The van der Waals surface area contributed by atoms with Crippen LogP contribution in [0.4, 0.5) is 13.2 Å². The Bertz CT molecular complexity index is 1130. The average Bonchev–Trinajstić information content (AvgIpc) is 2.96. The standard InChI is InChI=1S/C13H7Cl3F3N5O2S/c14-6-1-8(13(17,18)19)12-23-22-10(24(12)5-6)4-21-27(25,26)7-2-9(15)11(16)20-3-7/h1-3,5,21H,4H2. The Labute approximate surface area is 165 Å². The number of fused-ring (bicyclic) bond motifs is 1. The van der Waals surface area contributed by atoms with Crippen molar-refractivity contribution in [3.05, 3.63) is 51.1 Å². The van der Waals surface area contributed by atoms with Crippen LogP contribution in [0.2, 0.25) is 15.2 Å². The predicted molar refractivity (Wildman–Crippen MR) is 91.3 cm³/mol. The van der Waals surface area contributed by atoms with Crippen LogP contribution in [0.3, 0.4) is 0 Å². The lowest BCUT2D eigenvalue weighted by Gasteiger charge is -2.09. The van der Waals surface area contributed by atoms with Gasteiger partial charge in [0.15, 0.2) is 11.5 Å². The van der Waals surface area contributed by atoms with E-state index in [0.717, 1.165) is 22.9 Å². The molecule has 0 aliphatic heterocycles. The van der Waals surface area contributed by atoms with Crippen molar-refractivity contribution in [3.63, 3.8) is 0 Å². The summed E-state index contributed by atoms with van der Waals surface area (Å²) < 4.78 is 67.0. The molecular weight excluding hydrogens is 454 g/mol. The van der Waals surface area contributed by atoms with Crippen LogP contribution in [0.25, 0.3) is 5.65 Å². The Balaban J connectivity index is 1.93. The number of pyridine rings is 2. The van der Waals surface area contributed by atoms with Crippen molar-refractivity contribution in [2.24, 2.45) is 0 Å². The molecule has 0 saturated heterocycles. The summed E-state index contributed by atoms with van der Waals surface area (Å²) in [7, 11) is -4.08. The second-order valence-corrected chi connectivity index (χ2v) is 8.12. The van der Waals surface area contributed by atoms with Crippen LogP contribution < -0.4 is 4.72 Å². The summed E-state index contributed by atoms with van der Waals surface area (Å²) >= 11 is 17.1. The van der Waals surface area contributed by atoms with Gasteiger partial charge in [0.2, 0.25) is 10.0 Å². The zero-order chi connectivity index (χ0) is 20.0. The van der Waals surface area contributed by atoms with Crippen LogP contribution in [0.1, 0.15) is 11.4 Å². The van der Waals surface area contributed by atoms with Crippen LogP contribution >= 0.6 is 34.8 Å². The molecule has 14 heteroatoms. The molecule has 0 fully saturated rings. The first-order valence-electron chi connectivity index (χ1n) is 6.90. The molecule has 3 aromatic rings. The third-order valence-corrected chi connectivity index (χ3v) is 5.61. The van der Waals surface area contributed by atoms with Crippen molar-refractivity contribution in [3.8, 4) is 0 Å². The molecule has 0 bridgehead atoms. The molecule has 0 radical (unpaired) electrons. The fourth-order valence-corrected chi connectivity index (χ4v) is 3.62. The van der Waals surface area contributed by atoms with E-state index >= 15 is 0 Å². The number of sulfonamides is 1. The highest BCUT2D eigenvalue weighted by Gasteiger charge is 2.35. The van der Waals surface area contributed by atoms with Gasteiger partial charge in [-0.2, -0.15) is 13.2 Å². The van der Waals surface area contributed by atoms with Crippen molar-refractivity contribution in [1.82, 2.24) is 24.3 Å². The minimum absolute atomic E-state index is 0.0749. The summed E-state index contributed by atoms with van der Waals surface area (Å²) in [5, 5.41) is 6.71. The Kier molecular flexibility index (Phi) is 5.25. The van der Waals surface area contributed by atoms with E-state index < -0.39 is 34.0 Å². The van der Waals surface area contributed by atoms with E-state index in [4.69, 9.17) is 34.8 Å². The van der Waals surface area contributed by atoms with E-state index in [0.29, 0.717) is 6.07 Å². The highest BCUT2D eigenvalue weighted by molar-refractivity contribution is 7.89. The minimum atomic E-state index is -4.71.